The van der Waals surface area contributed by atoms with E-state index >= 15 is 0 Å². The lowest BCUT2D eigenvalue weighted by atomic mass is 9.96. The molecule has 0 aliphatic carbocycles. The fourth-order valence-corrected chi connectivity index (χ4v) is 3.32. The second-order valence-corrected chi connectivity index (χ2v) is 7.19. The van der Waals surface area contributed by atoms with E-state index in [9.17, 15) is 27.2 Å². The number of nitrogens with zero attached hydrogens (tertiary/aromatic N) is 1. The fourth-order valence-electron chi connectivity index (χ4n) is 3.32. The van der Waals surface area contributed by atoms with Gasteiger partial charge in [0.25, 0.3) is 5.91 Å². The lowest BCUT2D eigenvalue weighted by Crippen LogP contribution is -2.42. The largest absolute Gasteiger partial charge is 0.450 e. The lowest BCUT2D eigenvalue weighted by Gasteiger charge is -2.32. The van der Waals surface area contributed by atoms with Crippen molar-refractivity contribution in [1.29, 1.82) is 0 Å². The van der Waals surface area contributed by atoms with Crippen molar-refractivity contribution in [2.45, 2.75) is 32.6 Å². The van der Waals surface area contributed by atoms with E-state index in [1.54, 1.807) is 6.92 Å². The van der Waals surface area contributed by atoms with Crippen LogP contribution in [0.15, 0.2) is 18.2 Å². The van der Waals surface area contributed by atoms with Crippen LogP contribution in [0, 0.1) is 5.92 Å². The van der Waals surface area contributed by atoms with Crippen molar-refractivity contribution >= 4 is 12.0 Å². The van der Waals surface area contributed by atoms with Crippen LogP contribution in [-0.2, 0) is 17.6 Å². The molecule has 1 saturated heterocycles. The minimum Gasteiger partial charge on any atom is -0.450 e. The Morgan fingerprint density at radius 3 is 2.47 bits per heavy atom. The number of benzene rings is 1. The molecule has 1 aliphatic rings. The van der Waals surface area contributed by atoms with Crippen LogP contribution < -0.4 is 10.6 Å². The van der Waals surface area contributed by atoms with Crippen LogP contribution in [0.4, 0.5) is 22.4 Å². The van der Waals surface area contributed by atoms with E-state index < -0.39 is 30.4 Å². The number of halogens is 4. The van der Waals surface area contributed by atoms with Gasteiger partial charge in [-0.15, -0.1) is 0 Å². The Kier molecular flexibility index (Phi) is 8.88. The molecule has 1 heterocycles. The summed E-state index contributed by atoms with van der Waals surface area (Å²) in [6, 6.07) is 2.60. The van der Waals surface area contributed by atoms with Crippen molar-refractivity contribution in [3.63, 3.8) is 0 Å². The smallest absolute Gasteiger partial charge is 0.416 e. The molecule has 2 N–H and O–H groups in total. The Labute approximate surface area is 172 Å². The first-order valence-electron chi connectivity index (χ1n) is 9.91. The maximum Gasteiger partial charge on any atom is 0.416 e. The second kappa shape index (κ2) is 11.1. The summed E-state index contributed by atoms with van der Waals surface area (Å²) >= 11 is 0. The summed E-state index contributed by atoms with van der Waals surface area (Å²) in [7, 11) is 0. The number of hydrogen-bond donors (Lipinski definition) is 2. The molecule has 0 unspecified atom stereocenters. The average Bonchev–Trinajstić information content (AvgIpc) is 2.72. The first-order chi connectivity index (χ1) is 14.2. The van der Waals surface area contributed by atoms with E-state index in [4.69, 9.17) is 4.74 Å². The van der Waals surface area contributed by atoms with Crippen LogP contribution in [0.5, 0.6) is 0 Å². The quantitative estimate of drug-likeness (QED) is 0.617. The summed E-state index contributed by atoms with van der Waals surface area (Å²) in [6.45, 7) is 4.07. The predicted molar refractivity (Wildman–Crippen MR) is 103 cm³/mol. The summed E-state index contributed by atoms with van der Waals surface area (Å²) in [4.78, 5) is 25.7. The number of amides is 2. The Hall–Kier alpha value is -2.36. The lowest BCUT2D eigenvalue weighted by molar-refractivity contribution is -0.137. The molecule has 0 bridgehead atoms. The maximum atomic E-state index is 12.9. The standard InChI is InChI=1S/C20H27F4N3O3/c1-2-30-19(29)25-5-8-27-6-3-14(4-7-27)13-26-18(28)16-9-15(12-21)10-17(11-16)20(22,23)24/h9-11,14H,2-8,12-13H2,1H3,(H,25,29)(H,26,28). The Morgan fingerprint density at radius 1 is 1.17 bits per heavy atom. The highest BCUT2D eigenvalue weighted by Gasteiger charge is 2.32. The molecule has 30 heavy (non-hydrogen) atoms. The van der Waals surface area contributed by atoms with Crippen molar-refractivity contribution in [3.05, 3.63) is 34.9 Å². The molecule has 10 heteroatoms. The molecule has 1 fully saturated rings. The van der Waals surface area contributed by atoms with Gasteiger partial charge in [0.2, 0.25) is 0 Å². The Bertz CT molecular complexity index is 720. The van der Waals surface area contributed by atoms with Crippen LogP contribution in [0.25, 0.3) is 0 Å². The average molecular weight is 433 g/mol. The fraction of sp³-hybridized carbons (Fsp3) is 0.600. The molecule has 0 atom stereocenters. The number of carbonyl (C=O) groups is 2. The number of ether oxygens (including phenoxy) is 1. The van der Waals surface area contributed by atoms with Gasteiger partial charge in [-0.3, -0.25) is 4.79 Å². The van der Waals surface area contributed by atoms with Crippen LogP contribution in [0.1, 0.15) is 41.3 Å². The van der Waals surface area contributed by atoms with Gasteiger partial charge in [-0.1, -0.05) is 0 Å². The van der Waals surface area contributed by atoms with Crippen LogP contribution >= 0.6 is 0 Å². The van der Waals surface area contributed by atoms with Crippen molar-refractivity contribution in [2.75, 3.05) is 39.3 Å². The number of hydrogen-bond acceptors (Lipinski definition) is 4. The minimum absolute atomic E-state index is 0.181. The molecular weight excluding hydrogens is 406 g/mol. The summed E-state index contributed by atoms with van der Waals surface area (Å²) in [5.74, 6) is -0.438. The molecule has 0 radical (unpaired) electrons. The summed E-state index contributed by atoms with van der Waals surface area (Å²) < 4.78 is 56.5. The van der Waals surface area contributed by atoms with Gasteiger partial charge in [0.15, 0.2) is 0 Å². The number of piperidine rings is 1. The third-order valence-electron chi connectivity index (χ3n) is 4.97. The third kappa shape index (κ3) is 7.47. The van der Waals surface area contributed by atoms with Gasteiger partial charge in [0.05, 0.1) is 12.2 Å². The SMILES string of the molecule is CCOC(=O)NCCN1CCC(CNC(=O)c2cc(CF)cc(C(F)(F)F)c2)CC1. The summed E-state index contributed by atoms with van der Waals surface area (Å²) in [6.07, 6.45) is -3.45. The van der Waals surface area contributed by atoms with E-state index in [1.807, 2.05) is 0 Å². The highest BCUT2D eigenvalue weighted by atomic mass is 19.4. The van der Waals surface area contributed by atoms with E-state index in [-0.39, 0.29) is 17.0 Å². The van der Waals surface area contributed by atoms with Crippen molar-refractivity contribution in [1.82, 2.24) is 15.5 Å². The molecule has 1 aromatic carbocycles. The van der Waals surface area contributed by atoms with E-state index in [2.05, 4.69) is 15.5 Å². The number of carbonyl (C=O) groups excluding carboxylic acids is 2. The third-order valence-corrected chi connectivity index (χ3v) is 4.97. The molecule has 2 amide bonds. The second-order valence-electron chi connectivity index (χ2n) is 7.19. The van der Waals surface area contributed by atoms with E-state index in [0.29, 0.717) is 32.3 Å². The topological polar surface area (TPSA) is 70.7 Å². The van der Waals surface area contributed by atoms with Gasteiger partial charge in [-0.25, -0.2) is 9.18 Å². The van der Waals surface area contributed by atoms with Crippen molar-refractivity contribution in [3.8, 4) is 0 Å². The normalized spacial score (nSPS) is 15.6. The number of nitrogens with one attached hydrogen (secondary N) is 2. The van der Waals surface area contributed by atoms with E-state index in [0.717, 1.165) is 38.1 Å². The van der Waals surface area contributed by atoms with Gasteiger partial charge >= 0.3 is 12.3 Å². The maximum absolute atomic E-state index is 12.9. The molecule has 0 saturated carbocycles. The molecular formula is C20H27F4N3O3. The number of alkyl carbamates (subject to hydrolysis) is 1. The predicted octanol–water partition coefficient (Wildman–Crippen LogP) is 3.36. The summed E-state index contributed by atoms with van der Waals surface area (Å²) in [5, 5.41) is 5.32. The van der Waals surface area contributed by atoms with E-state index in [1.165, 1.54) is 0 Å². The van der Waals surface area contributed by atoms with Gasteiger partial charge in [0, 0.05) is 25.2 Å². The first-order valence-corrected chi connectivity index (χ1v) is 9.91. The highest BCUT2D eigenvalue weighted by molar-refractivity contribution is 5.94. The first kappa shape index (κ1) is 23.9. The molecule has 2 rings (SSSR count). The zero-order valence-corrected chi connectivity index (χ0v) is 16.9. The highest BCUT2D eigenvalue weighted by Crippen LogP contribution is 2.31. The van der Waals surface area contributed by atoms with Crippen LogP contribution in [0.3, 0.4) is 0 Å². The van der Waals surface area contributed by atoms with Gasteiger partial charge in [-0.05, 0) is 62.5 Å². The molecule has 168 valence electrons. The minimum atomic E-state index is -4.64. The molecule has 0 aromatic heterocycles. The zero-order valence-electron chi connectivity index (χ0n) is 16.9. The zero-order chi connectivity index (χ0) is 22.1. The summed E-state index contributed by atoms with van der Waals surface area (Å²) in [5.41, 5.74) is -1.41. The van der Waals surface area contributed by atoms with Crippen molar-refractivity contribution < 1.29 is 31.9 Å². The molecule has 1 aliphatic heterocycles. The Morgan fingerprint density at radius 2 is 1.87 bits per heavy atom. The van der Waals surface area contributed by atoms with Crippen molar-refractivity contribution in [2.24, 2.45) is 5.92 Å². The molecule has 6 nitrogen and oxygen atoms in total. The Balaban J connectivity index is 1.78. The number of likely N-dealkylation sites (tertiary alicyclic amines) is 1. The van der Waals surface area contributed by atoms with Gasteiger partial charge < -0.3 is 20.3 Å². The monoisotopic (exact) mass is 433 g/mol. The molecule has 1 aromatic rings. The van der Waals surface area contributed by atoms with Crippen LogP contribution in [0.2, 0.25) is 0 Å². The molecule has 0 spiro atoms. The van der Waals surface area contributed by atoms with Gasteiger partial charge in [-0.2, -0.15) is 13.2 Å². The van der Waals surface area contributed by atoms with Crippen LogP contribution in [-0.4, -0.2) is 56.2 Å². The number of alkyl halides is 4. The number of rotatable bonds is 8. The van der Waals surface area contributed by atoms with Gasteiger partial charge in [0.1, 0.15) is 6.67 Å².